The van der Waals surface area contributed by atoms with Crippen molar-refractivity contribution in [2.75, 3.05) is 19.7 Å². The predicted molar refractivity (Wildman–Crippen MR) is 82.8 cm³/mol. The van der Waals surface area contributed by atoms with Crippen LogP contribution in [0.3, 0.4) is 0 Å². The van der Waals surface area contributed by atoms with Crippen LogP contribution in [0.15, 0.2) is 24.3 Å². The van der Waals surface area contributed by atoms with E-state index in [1.54, 1.807) is 12.1 Å². The predicted octanol–water partition coefficient (Wildman–Crippen LogP) is 2.40. The highest BCUT2D eigenvalue weighted by Gasteiger charge is 2.19. The van der Waals surface area contributed by atoms with Crippen LogP contribution >= 0.6 is 24.0 Å². The average Bonchev–Trinajstić information content (AvgIpc) is 2.44. The third kappa shape index (κ3) is 5.57. The number of hydrogen-bond donors (Lipinski definition) is 2. The van der Waals surface area contributed by atoms with E-state index in [9.17, 15) is 4.79 Å². The van der Waals surface area contributed by atoms with Crippen molar-refractivity contribution in [2.45, 2.75) is 25.3 Å². The number of halogens is 2. The van der Waals surface area contributed by atoms with Gasteiger partial charge in [-0.1, -0.05) is 24.1 Å². The molecule has 20 heavy (non-hydrogen) atoms. The van der Waals surface area contributed by atoms with E-state index in [2.05, 4.69) is 10.6 Å². The largest absolute Gasteiger partial charge is 0.492 e. The van der Waals surface area contributed by atoms with E-state index in [1.807, 2.05) is 12.1 Å². The van der Waals surface area contributed by atoms with Crippen molar-refractivity contribution in [3.63, 3.8) is 0 Å². The van der Waals surface area contributed by atoms with Gasteiger partial charge in [-0.3, -0.25) is 4.79 Å². The normalized spacial score (nSPS) is 17.9. The molecule has 0 aromatic heterocycles. The fourth-order valence-corrected chi connectivity index (χ4v) is 2.28. The van der Waals surface area contributed by atoms with Crippen molar-refractivity contribution < 1.29 is 9.53 Å². The highest BCUT2D eigenvalue weighted by atomic mass is 35.5. The Balaban J connectivity index is 0.00000200. The molecule has 0 spiro atoms. The summed E-state index contributed by atoms with van der Waals surface area (Å²) in [7, 11) is 0. The van der Waals surface area contributed by atoms with Crippen molar-refractivity contribution in [3.05, 3.63) is 29.3 Å². The van der Waals surface area contributed by atoms with E-state index < -0.39 is 0 Å². The van der Waals surface area contributed by atoms with Crippen LogP contribution in [-0.4, -0.2) is 31.6 Å². The second-order valence-corrected chi connectivity index (χ2v) is 5.04. The SMILES string of the molecule is Cl.O=C(NCCOc1cccc(Cl)c1)C1CCCCN1. The summed E-state index contributed by atoms with van der Waals surface area (Å²) in [4.78, 5) is 11.8. The molecule has 2 rings (SSSR count). The Hall–Kier alpha value is -0.970. The molecule has 0 bridgehead atoms. The van der Waals surface area contributed by atoms with Crippen molar-refractivity contribution in [1.82, 2.24) is 10.6 Å². The second-order valence-electron chi connectivity index (χ2n) is 4.60. The van der Waals surface area contributed by atoms with Gasteiger partial charge < -0.3 is 15.4 Å². The molecule has 0 saturated carbocycles. The fourth-order valence-electron chi connectivity index (χ4n) is 2.10. The van der Waals surface area contributed by atoms with Gasteiger partial charge in [-0.15, -0.1) is 12.4 Å². The van der Waals surface area contributed by atoms with Crippen LogP contribution in [0, 0.1) is 0 Å². The lowest BCUT2D eigenvalue weighted by molar-refractivity contribution is -0.123. The number of ether oxygens (including phenoxy) is 1. The van der Waals surface area contributed by atoms with Gasteiger partial charge in [0, 0.05) is 5.02 Å². The van der Waals surface area contributed by atoms with Gasteiger partial charge in [0.25, 0.3) is 0 Å². The third-order valence-corrected chi connectivity index (χ3v) is 3.33. The van der Waals surface area contributed by atoms with Gasteiger partial charge in [-0.2, -0.15) is 0 Å². The van der Waals surface area contributed by atoms with Crippen LogP contribution < -0.4 is 15.4 Å². The standard InChI is InChI=1S/C14H19ClN2O2.ClH/c15-11-4-3-5-12(10-11)19-9-8-17-14(18)13-6-1-2-7-16-13;/h3-5,10,13,16H,1-2,6-9H2,(H,17,18);1H. The number of hydrogen-bond acceptors (Lipinski definition) is 3. The number of carbonyl (C=O) groups excluding carboxylic acids is 1. The fraction of sp³-hybridized carbons (Fsp3) is 0.500. The minimum absolute atomic E-state index is 0. The van der Waals surface area contributed by atoms with E-state index in [4.69, 9.17) is 16.3 Å². The number of nitrogens with one attached hydrogen (secondary N) is 2. The third-order valence-electron chi connectivity index (χ3n) is 3.09. The number of rotatable bonds is 5. The zero-order valence-corrected chi connectivity index (χ0v) is 12.8. The van der Waals surface area contributed by atoms with Crippen LogP contribution in [0.1, 0.15) is 19.3 Å². The zero-order chi connectivity index (χ0) is 13.5. The molecule has 4 nitrogen and oxygen atoms in total. The first kappa shape index (κ1) is 17.1. The van der Waals surface area contributed by atoms with Gasteiger partial charge in [0.15, 0.2) is 0 Å². The van der Waals surface area contributed by atoms with Crippen molar-refractivity contribution in [3.8, 4) is 5.75 Å². The van der Waals surface area contributed by atoms with Crippen LogP contribution in [-0.2, 0) is 4.79 Å². The van der Waals surface area contributed by atoms with Gasteiger partial charge in [0.2, 0.25) is 5.91 Å². The molecule has 1 fully saturated rings. The molecular weight excluding hydrogens is 299 g/mol. The number of carbonyl (C=O) groups is 1. The highest BCUT2D eigenvalue weighted by molar-refractivity contribution is 6.30. The molecule has 112 valence electrons. The summed E-state index contributed by atoms with van der Waals surface area (Å²) in [6.07, 6.45) is 3.19. The van der Waals surface area contributed by atoms with E-state index in [-0.39, 0.29) is 24.4 Å². The lowest BCUT2D eigenvalue weighted by Gasteiger charge is -2.22. The molecule has 1 aromatic carbocycles. The molecule has 1 atom stereocenters. The molecule has 2 N–H and O–H groups in total. The Morgan fingerprint density at radius 1 is 1.45 bits per heavy atom. The molecule has 1 amide bonds. The van der Waals surface area contributed by atoms with Crippen LogP contribution in [0.25, 0.3) is 0 Å². The Labute approximate surface area is 130 Å². The van der Waals surface area contributed by atoms with Gasteiger partial charge >= 0.3 is 0 Å². The Bertz CT molecular complexity index is 423. The van der Waals surface area contributed by atoms with Crippen molar-refractivity contribution in [2.24, 2.45) is 0 Å². The molecule has 1 aliphatic rings. The smallest absolute Gasteiger partial charge is 0.237 e. The van der Waals surface area contributed by atoms with Crippen LogP contribution in [0.5, 0.6) is 5.75 Å². The number of piperidine rings is 1. The Morgan fingerprint density at radius 3 is 3.00 bits per heavy atom. The lowest BCUT2D eigenvalue weighted by Crippen LogP contribution is -2.47. The summed E-state index contributed by atoms with van der Waals surface area (Å²) in [5.74, 6) is 0.784. The molecule has 1 aliphatic heterocycles. The lowest BCUT2D eigenvalue weighted by atomic mass is 10.0. The maximum absolute atomic E-state index is 11.8. The summed E-state index contributed by atoms with van der Waals surface area (Å²) in [6.45, 7) is 1.87. The minimum Gasteiger partial charge on any atom is -0.492 e. The van der Waals surface area contributed by atoms with E-state index >= 15 is 0 Å². The molecule has 0 radical (unpaired) electrons. The van der Waals surface area contributed by atoms with Gasteiger partial charge in [-0.25, -0.2) is 0 Å². The molecule has 6 heteroatoms. The van der Waals surface area contributed by atoms with E-state index in [1.165, 1.54) is 0 Å². The average molecular weight is 319 g/mol. The number of amides is 1. The van der Waals surface area contributed by atoms with Gasteiger partial charge in [0.05, 0.1) is 12.6 Å². The molecular formula is C14H20Cl2N2O2. The molecule has 1 heterocycles. The monoisotopic (exact) mass is 318 g/mol. The maximum Gasteiger partial charge on any atom is 0.237 e. The van der Waals surface area contributed by atoms with Crippen molar-refractivity contribution >= 4 is 29.9 Å². The first-order chi connectivity index (χ1) is 9.25. The molecule has 1 aromatic rings. The van der Waals surface area contributed by atoms with E-state index in [0.717, 1.165) is 31.6 Å². The molecule has 1 saturated heterocycles. The number of benzene rings is 1. The van der Waals surface area contributed by atoms with Crippen LogP contribution in [0.4, 0.5) is 0 Å². The van der Waals surface area contributed by atoms with Gasteiger partial charge in [0.1, 0.15) is 12.4 Å². The first-order valence-corrected chi connectivity index (χ1v) is 7.03. The zero-order valence-electron chi connectivity index (χ0n) is 11.2. The molecule has 1 unspecified atom stereocenters. The topological polar surface area (TPSA) is 50.4 Å². The highest BCUT2D eigenvalue weighted by Crippen LogP contribution is 2.16. The Morgan fingerprint density at radius 2 is 2.30 bits per heavy atom. The summed E-state index contributed by atoms with van der Waals surface area (Å²) < 4.78 is 5.50. The Kier molecular flexibility index (Phi) is 7.73. The second kappa shape index (κ2) is 9.06. The maximum atomic E-state index is 11.8. The van der Waals surface area contributed by atoms with Crippen LogP contribution in [0.2, 0.25) is 5.02 Å². The summed E-state index contributed by atoms with van der Waals surface area (Å²) in [5, 5.41) is 6.74. The quantitative estimate of drug-likeness (QED) is 0.820. The van der Waals surface area contributed by atoms with Crippen molar-refractivity contribution in [1.29, 1.82) is 0 Å². The minimum atomic E-state index is -0.0417. The first-order valence-electron chi connectivity index (χ1n) is 6.65. The van der Waals surface area contributed by atoms with E-state index in [0.29, 0.717) is 18.2 Å². The van der Waals surface area contributed by atoms with Gasteiger partial charge in [-0.05, 0) is 37.6 Å². The summed E-state index contributed by atoms with van der Waals surface area (Å²) in [5.41, 5.74) is 0. The summed E-state index contributed by atoms with van der Waals surface area (Å²) in [6, 6.07) is 7.19. The molecule has 0 aliphatic carbocycles. The summed E-state index contributed by atoms with van der Waals surface area (Å²) >= 11 is 5.85.